The molecule has 94 valence electrons. The Balaban J connectivity index is 2.62. The number of hydrogen-bond acceptors (Lipinski definition) is 4. The molecule has 7 nitrogen and oxygen atoms in total. The predicted octanol–water partition coefficient (Wildman–Crippen LogP) is -0.353. The molecule has 0 aliphatic heterocycles. The third-order valence-corrected chi connectivity index (χ3v) is 2.70. The standard InChI is InChI=1S/C10H12N6OS/c1-5-7(9(12)18)10(15(2)13-5)16-4-3-6(14-16)8(11)17/h3-4H,1-2H3,(H2,11,17)(H2,12,18). The highest BCUT2D eigenvalue weighted by Crippen LogP contribution is 2.17. The van der Waals surface area contributed by atoms with Crippen LogP contribution in [0.25, 0.3) is 5.82 Å². The first-order chi connectivity index (χ1) is 8.41. The second-order valence-electron chi connectivity index (χ2n) is 3.78. The summed E-state index contributed by atoms with van der Waals surface area (Å²) in [5.41, 5.74) is 12.3. The van der Waals surface area contributed by atoms with E-state index in [2.05, 4.69) is 10.2 Å². The molecule has 2 rings (SSSR count). The Morgan fingerprint density at radius 1 is 1.39 bits per heavy atom. The van der Waals surface area contributed by atoms with Crippen molar-refractivity contribution in [2.75, 3.05) is 0 Å². The largest absolute Gasteiger partial charge is 0.389 e. The van der Waals surface area contributed by atoms with Crippen molar-refractivity contribution in [3.63, 3.8) is 0 Å². The van der Waals surface area contributed by atoms with Crippen molar-refractivity contribution >= 4 is 23.1 Å². The monoisotopic (exact) mass is 264 g/mol. The van der Waals surface area contributed by atoms with Crippen LogP contribution in [0.1, 0.15) is 21.7 Å². The minimum atomic E-state index is -0.593. The fourth-order valence-corrected chi connectivity index (χ4v) is 2.01. The van der Waals surface area contributed by atoms with Gasteiger partial charge in [-0.2, -0.15) is 10.2 Å². The molecule has 18 heavy (non-hydrogen) atoms. The number of aryl methyl sites for hydroxylation is 2. The average Bonchev–Trinajstić information content (AvgIpc) is 2.81. The van der Waals surface area contributed by atoms with E-state index in [9.17, 15) is 4.79 Å². The van der Waals surface area contributed by atoms with E-state index in [0.29, 0.717) is 17.1 Å². The lowest BCUT2D eigenvalue weighted by Crippen LogP contribution is -2.16. The van der Waals surface area contributed by atoms with Gasteiger partial charge in [0, 0.05) is 13.2 Å². The molecule has 0 bridgehead atoms. The molecule has 2 aromatic rings. The number of carbonyl (C=O) groups excluding carboxylic acids is 1. The molecule has 0 aromatic carbocycles. The van der Waals surface area contributed by atoms with Gasteiger partial charge in [0.1, 0.15) is 10.7 Å². The van der Waals surface area contributed by atoms with Crippen molar-refractivity contribution in [3.8, 4) is 5.82 Å². The smallest absolute Gasteiger partial charge is 0.269 e. The Labute approximate surface area is 108 Å². The average molecular weight is 264 g/mol. The fraction of sp³-hybridized carbons (Fsp3) is 0.200. The zero-order valence-electron chi connectivity index (χ0n) is 9.91. The van der Waals surface area contributed by atoms with Crippen LogP contribution in [0.2, 0.25) is 0 Å². The molecule has 8 heteroatoms. The molecule has 4 N–H and O–H groups in total. The highest BCUT2D eigenvalue weighted by Gasteiger charge is 2.18. The maximum Gasteiger partial charge on any atom is 0.269 e. The Morgan fingerprint density at radius 3 is 2.56 bits per heavy atom. The molecule has 0 aliphatic carbocycles. The van der Waals surface area contributed by atoms with Crippen LogP contribution < -0.4 is 11.5 Å². The van der Waals surface area contributed by atoms with Gasteiger partial charge in [0.2, 0.25) is 0 Å². The minimum Gasteiger partial charge on any atom is -0.389 e. The van der Waals surface area contributed by atoms with Crippen molar-refractivity contribution in [3.05, 3.63) is 29.2 Å². The van der Waals surface area contributed by atoms with E-state index in [0.717, 1.165) is 0 Å². The van der Waals surface area contributed by atoms with Gasteiger partial charge < -0.3 is 11.5 Å². The molecule has 0 atom stereocenters. The number of primary amides is 1. The molecule has 0 fully saturated rings. The van der Waals surface area contributed by atoms with Crippen LogP contribution in [0.15, 0.2) is 12.3 Å². The Hall–Kier alpha value is -2.22. The highest BCUT2D eigenvalue weighted by atomic mass is 32.1. The molecule has 0 saturated carbocycles. The van der Waals surface area contributed by atoms with E-state index in [-0.39, 0.29) is 10.7 Å². The van der Waals surface area contributed by atoms with Gasteiger partial charge in [0.15, 0.2) is 5.82 Å². The van der Waals surface area contributed by atoms with E-state index in [1.807, 2.05) is 0 Å². The maximum atomic E-state index is 11.0. The lowest BCUT2D eigenvalue weighted by molar-refractivity contribution is 0.0995. The van der Waals surface area contributed by atoms with Crippen LogP contribution in [0.4, 0.5) is 0 Å². The predicted molar refractivity (Wildman–Crippen MR) is 69.5 cm³/mol. The van der Waals surface area contributed by atoms with Gasteiger partial charge in [0.05, 0.1) is 11.3 Å². The normalized spacial score (nSPS) is 10.6. The summed E-state index contributed by atoms with van der Waals surface area (Å²) in [4.78, 5) is 11.3. The summed E-state index contributed by atoms with van der Waals surface area (Å²) in [5, 5.41) is 8.30. The fourth-order valence-electron chi connectivity index (χ4n) is 1.77. The molecule has 0 aliphatic rings. The van der Waals surface area contributed by atoms with Crippen molar-refractivity contribution < 1.29 is 4.79 Å². The van der Waals surface area contributed by atoms with E-state index in [1.54, 1.807) is 24.9 Å². The number of nitrogens with two attached hydrogens (primary N) is 2. The molecule has 0 unspecified atom stereocenters. The lowest BCUT2D eigenvalue weighted by Gasteiger charge is -2.04. The molecule has 2 aromatic heterocycles. The van der Waals surface area contributed by atoms with Crippen LogP contribution in [0.5, 0.6) is 0 Å². The van der Waals surface area contributed by atoms with Crippen LogP contribution in [0.3, 0.4) is 0 Å². The molecule has 0 saturated heterocycles. The van der Waals surface area contributed by atoms with Gasteiger partial charge in [-0.15, -0.1) is 0 Å². The van der Waals surface area contributed by atoms with Crippen LogP contribution in [-0.4, -0.2) is 30.5 Å². The van der Waals surface area contributed by atoms with Gasteiger partial charge in [-0.25, -0.2) is 4.68 Å². The van der Waals surface area contributed by atoms with Crippen molar-refractivity contribution in [2.24, 2.45) is 18.5 Å². The zero-order valence-corrected chi connectivity index (χ0v) is 10.7. The minimum absolute atomic E-state index is 0.169. The number of hydrogen-bond donors (Lipinski definition) is 2. The second kappa shape index (κ2) is 4.22. The van der Waals surface area contributed by atoms with Gasteiger partial charge in [-0.1, -0.05) is 12.2 Å². The first-order valence-electron chi connectivity index (χ1n) is 5.11. The molecule has 0 spiro atoms. The molecular weight excluding hydrogens is 252 g/mol. The number of carbonyl (C=O) groups is 1. The molecule has 2 heterocycles. The number of amides is 1. The van der Waals surface area contributed by atoms with E-state index in [4.69, 9.17) is 23.7 Å². The first-order valence-corrected chi connectivity index (χ1v) is 5.52. The van der Waals surface area contributed by atoms with E-state index < -0.39 is 5.91 Å². The Morgan fingerprint density at radius 2 is 2.06 bits per heavy atom. The summed E-state index contributed by atoms with van der Waals surface area (Å²) in [6, 6.07) is 1.52. The van der Waals surface area contributed by atoms with Gasteiger partial charge >= 0.3 is 0 Å². The third-order valence-electron chi connectivity index (χ3n) is 2.50. The van der Waals surface area contributed by atoms with Gasteiger partial charge in [-0.05, 0) is 13.0 Å². The van der Waals surface area contributed by atoms with Crippen LogP contribution in [0, 0.1) is 6.92 Å². The summed E-state index contributed by atoms with van der Waals surface area (Å²) in [5.74, 6) is 0.0111. The van der Waals surface area contributed by atoms with Crippen molar-refractivity contribution in [1.29, 1.82) is 0 Å². The zero-order chi connectivity index (χ0) is 13.4. The highest BCUT2D eigenvalue weighted by molar-refractivity contribution is 7.80. The summed E-state index contributed by atoms with van der Waals surface area (Å²) < 4.78 is 3.08. The maximum absolute atomic E-state index is 11.0. The summed E-state index contributed by atoms with van der Waals surface area (Å²) in [6.07, 6.45) is 1.61. The third kappa shape index (κ3) is 1.86. The quantitative estimate of drug-likeness (QED) is 0.737. The number of thiocarbonyl (C=S) groups is 1. The SMILES string of the molecule is Cc1nn(C)c(-n2ccc(C(N)=O)n2)c1C(N)=S. The Bertz CT molecular complexity index is 641. The van der Waals surface area contributed by atoms with E-state index in [1.165, 1.54) is 10.7 Å². The summed E-state index contributed by atoms with van der Waals surface area (Å²) >= 11 is 5.00. The van der Waals surface area contributed by atoms with Gasteiger partial charge in [-0.3, -0.25) is 9.48 Å². The summed E-state index contributed by atoms with van der Waals surface area (Å²) in [7, 11) is 1.75. The van der Waals surface area contributed by atoms with Crippen LogP contribution in [-0.2, 0) is 7.05 Å². The lowest BCUT2D eigenvalue weighted by atomic mass is 10.2. The van der Waals surface area contributed by atoms with Crippen molar-refractivity contribution in [1.82, 2.24) is 19.6 Å². The number of aromatic nitrogens is 4. The molecule has 1 amide bonds. The van der Waals surface area contributed by atoms with Crippen molar-refractivity contribution in [2.45, 2.75) is 6.92 Å². The first kappa shape index (κ1) is 12.2. The van der Waals surface area contributed by atoms with Gasteiger partial charge in [0.25, 0.3) is 5.91 Å². The second-order valence-corrected chi connectivity index (χ2v) is 4.22. The Kier molecular flexibility index (Phi) is 2.87. The topological polar surface area (TPSA) is 105 Å². The number of rotatable bonds is 3. The number of nitrogens with zero attached hydrogens (tertiary/aromatic N) is 4. The summed E-state index contributed by atoms with van der Waals surface area (Å²) in [6.45, 7) is 1.80. The van der Waals surface area contributed by atoms with E-state index >= 15 is 0 Å². The molecular formula is C10H12N6OS. The molecule has 0 radical (unpaired) electrons. The van der Waals surface area contributed by atoms with Crippen LogP contribution >= 0.6 is 12.2 Å².